The van der Waals surface area contributed by atoms with Crippen molar-refractivity contribution in [1.29, 1.82) is 0 Å². The molecule has 1 aromatic heterocycles. The van der Waals surface area contributed by atoms with E-state index in [9.17, 15) is 4.79 Å². The van der Waals surface area contributed by atoms with Crippen molar-refractivity contribution in [2.24, 2.45) is 0 Å². The summed E-state index contributed by atoms with van der Waals surface area (Å²) >= 11 is 1.42. The molecule has 1 aromatic carbocycles. The van der Waals surface area contributed by atoms with Gasteiger partial charge in [-0.25, -0.2) is 4.98 Å². The molecule has 5 heteroatoms. The van der Waals surface area contributed by atoms with E-state index in [1.54, 1.807) is 0 Å². The predicted octanol–water partition coefficient (Wildman–Crippen LogP) is 2.39. The highest BCUT2D eigenvalue weighted by Gasteiger charge is 2.16. The van der Waals surface area contributed by atoms with Crippen LogP contribution in [0.25, 0.3) is 12.2 Å². The molecule has 90 valence electrons. The summed E-state index contributed by atoms with van der Waals surface area (Å²) in [6.07, 6.45) is 4.34. The van der Waals surface area contributed by atoms with Gasteiger partial charge in [-0.05, 0) is 29.3 Å². The molecule has 0 bridgehead atoms. The fourth-order valence-corrected chi connectivity index (χ4v) is 2.44. The first kappa shape index (κ1) is 11.0. The summed E-state index contributed by atoms with van der Waals surface area (Å²) in [5.74, 6) is 0.0541. The van der Waals surface area contributed by atoms with Crippen LogP contribution in [0.1, 0.15) is 16.8 Å². The number of anilines is 2. The molecule has 0 saturated heterocycles. The number of carbonyl (C=O) groups excluding carboxylic acids is 1. The van der Waals surface area contributed by atoms with Crippen LogP contribution in [0.5, 0.6) is 0 Å². The van der Waals surface area contributed by atoms with E-state index in [0.717, 1.165) is 22.5 Å². The monoisotopic (exact) mass is 257 g/mol. The standard InChI is InChI=1S/C13H11N3OS/c14-13-15-10(7-18-13)3-1-8-2-4-11-9(5-8)6-12(17)16-11/h1-5,7H,6H2,(H2,14,15)(H,16,17). The number of nitrogen functional groups attached to an aromatic ring is 1. The van der Waals surface area contributed by atoms with Gasteiger partial charge in [0, 0.05) is 11.1 Å². The van der Waals surface area contributed by atoms with Gasteiger partial charge in [-0.2, -0.15) is 0 Å². The minimum atomic E-state index is 0.0541. The molecular weight excluding hydrogens is 246 g/mol. The minimum Gasteiger partial charge on any atom is -0.375 e. The first-order chi connectivity index (χ1) is 8.70. The lowest BCUT2D eigenvalue weighted by Crippen LogP contribution is -2.03. The van der Waals surface area contributed by atoms with E-state index >= 15 is 0 Å². The minimum absolute atomic E-state index is 0.0541. The number of carbonyl (C=O) groups is 1. The van der Waals surface area contributed by atoms with Crippen LogP contribution in [-0.2, 0) is 11.2 Å². The number of benzene rings is 1. The van der Waals surface area contributed by atoms with Crippen molar-refractivity contribution >= 4 is 40.2 Å². The number of rotatable bonds is 2. The molecule has 0 radical (unpaired) electrons. The molecule has 0 saturated carbocycles. The maximum Gasteiger partial charge on any atom is 0.228 e. The van der Waals surface area contributed by atoms with E-state index in [0.29, 0.717) is 11.6 Å². The zero-order valence-corrected chi connectivity index (χ0v) is 10.3. The Bertz CT molecular complexity index is 645. The van der Waals surface area contributed by atoms with Gasteiger partial charge in [0.1, 0.15) is 0 Å². The van der Waals surface area contributed by atoms with Gasteiger partial charge < -0.3 is 11.1 Å². The molecule has 0 unspecified atom stereocenters. The highest BCUT2D eigenvalue weighted by Crippen LogP contribution is 2.24. The fourth-order valence-electron chi connectivity index (χ4n) is 1.91. The number of hydrogen-bond acceptors (Lipinski definition) is 4. The van der Waals surface area contributed by atoms with E-state index in [2.05, 4.69) is 10.3 Å². The molecule has 1 amide bonds. The largest absolute Gasteiger partial charge is 0.375 e. The van der Waals surface area contributed by atoms with Crippen LogP contribution in [0.2, 0.25) is 0 Å². The second-order valence-corrected chi connectivity index (χ2v) is 4.98. The lowest BCUT2D eigenvalue weighted by Gasteiger charge is -1.99. The molecule has 1 aliphatic rings. The van der Waals surface area contributed by atoms with Crippen molar-refractivity contribution in [3.63, 3.8) is 0 Å². The summed E-state index contributed by atoms with van der Waals surface area (Å²) in [6.45, 7) is 0. The summed E-state index contributed by atoms with van der Waals surface area (Å²) in [5.41, 5.74) is 9.42. The molecule has 18 heavy (non-hydrogen) atoms. The van der Waals surface area contributed by atoms with Gasteiger partial charge in [0.2, 0.25) is 5.91 Å². The Balaban J connectivity index is 1.84. The molecule has 3 N–H and O–H groups in total. The summed E-state index contributed by atoms with van der Waals surface area (Å²) in [5, 5.41) is 5.29. The van der Waals surface area contributed by atoms with Gasteiger partial charge in [0.05, 0.1) is 12.1 Å². The number of amides is 1. The number of aromatic nitrogens is 1. The third-order valence-corrected chi connectivity index (χ3v) is 3.43. The molecule has 0 fully saturated rings. The number of fused-ring (bicyclic) bond motifs is 1. The number of thiazole rings is 1. The van der Waals surface area contributed by atoms with Gasteiger partial charge in [-0.15, -0.1) is 11.3 Å². The number of nitrogens with zero attached hydrogens (tertiary/aromatic N) is 1. The van der Waals surface area contributed by atoms with E-state index < -0.39 is 0 Å². The van der Waals surface area contributed by atoms with Crippen LogP contribution in [0.4, 0.5) is 10.8 Å². The maximum atomic E-state index is 11.2. The van der Waals surface area contributed by atoms with Gasteiger partial charge in [0.25, 0.3) is 0 Å². The Morgan fingerprint density at radius 3 is 3.06 bits per heavy atom. The van der Waals surface area contributed by atoms with E-state index in [1.165, 1.54) is 11.3 Å². The lowest BCUT2D eigenvalue weighted by atomic mass is 10.1. The molecule has 0 aliphatic carbocycles. The van der Waals surface area contributed by atoms with Crippen LogP contribution in [0.15, 0.2) is 23.6 Å². The highest BCUT2D eigenvalue weighted by atomic mass is 32.1. The fraction of sp³-hybridized carbons (Fsp3) is 0.0769. The Hall–Kier alpha value is -2.14. The second-order valence-electron chi connectivity index (χ2n) is 4.09. The van der Waals surface area contributed by atoms with E-state index in [1.807, 2.05) is 35.7 Å². The van der Waals surface area contributed by atoms with Crippen molar-refractivity contribution < 1.29 is 4.79 Å². The number of nitrogens with two attached hydrogens (primary N) is 1. The van der Waals surface area contributed by atoms with Crippen molar-refractivity contribution in [2.75, 3.05) is 11.1 Å². The van der Waals surface area contributed by atoms with E-state index in [4.69, 9.17) is 5.73 Å². The van der Waals surface area contributed by atoms with Crippen LogP contribution >= 0.6 is 11.3 Å². The quantitative estimate of drug-likeness (QED) is 0.868. The molecule has 2 aromatic rings. The third-order valence-electron chi connectivity index (χ3n) is 2.74. The molecular formula is C13H11N3OS. The van der Waals surface area contributed by atoms with Gasteiger partial charge >= 0.3 is 0 Å². The summed E-state index contributed by atoms with van der Waals surface area (Å²) < 4.78 is 0. The zero-order chi connectivity index (χ0) is 12.5. The molecule has 1 aliphatic heterocycles. The first-order valence-corrected chi connectivity index (χ1v) is 6.40. The third kappa shape index (κ3) is 2.12. The maximum absolute atomic E-state index is 11.2. The van der Waals surface area contributed by atoms with Crippen molar-refractivity contribution in [2.45, 2.75) is 6.42 Å². The van der Waals surface area contributed by atoms with E-state index in [-0.39, 0.29) is 5.91 Å². The normalized spacial score (nSPS) is 13.9. The molecule has 3 rings (SSSR count). The SMILES string of the molecule is Nc1nc(C=Cc2ccc3c(c2)CC(=O)N3)cs1. The summed E-state index contributed by atoms with van der Waals surface area (Å²) in [6, 6.07) is 5.91. The lowest BCUT2D eigenvalue weighted by molar-refractivity contribution is -0.115. The average molecular weight is 257 g/mol. The Kier molecular flexibility index (Phi) is 2.60. The molecule has 0 spiro atoms. The van der Waals surface area contributed by atoms with Crippen LogP contribution in [0, 0.1) is 0 Å². The summed E-state index contributed by atoms with van der Waals surface area (Å²) in [4.78, 5) is 15.4. The topological polar surface area (TPSA) is 68.0 Å². The average Bonchev–Trinajstić information content (AvgIpc) is 2.90. The van der Waals surface area contributed by atoms with Gasteiger partial charge in [-0.1, -0.05) is 12.1 Å². The molecule has 0 atom stereocenters. The second kappa shape index (κ2) is 4.27. The van der Waals surface area contributed by atoms with Gasteiger partial charge in [0.15, 0.2) is 5.13 Å². The molecule has 2 heterocycles. The predicted molar refractivity (Wildman–Crippen MR) is 74.2 cm³/mol. The van der Waals surface area contributed by atoms with Crippen LogP contribution in [0.3, 0.4) is 0 Å². The Morgan fingerprint density at radius 1 is 1.39 bits per heavy atom. The van der Waals surface area contributed by atoms with Crippen molar-refractivity contribution in [3.8, 4) is 0 Å². The van der Waals surface area contributed by atoms with Gasteiger partial charge in [-0.3, -0.25) is 4.79 Å². The van der Waals surface area contributed by atoms with Crippen molar-refractivity contribution in [3.05, 3.63) is 40.4 Å². The Labute approximate surface area is 108 Å². The van der Waals surface area contributed by atoms with Crippen LogP contribution < -0.4 is 11.1 Å². The highest BCUT2D eigenvalue weighted by molar-refractivity contribution is 7.13. The van der Waals surface area contributed by atoms with Crippen molar-refractivity contribution in [1.82, 2.24) is 4.98 Å². The first-order valence-electron chi connectivity index (χ1n) is 5.52. The van der Waals surface area contributed by atoms with Crippen LogP contribution in [-0.4, -0.2) is 10.9 Å². The Morgan fingerprint density at radius 2 is 2.28 bits per heavy atom. The smallest absolute Gasteiger partial charge is 0.228 e. The zero-order valence-electron chi connectivity index (χ0n) is 9.51. The number of nitrogens with one attached hydrogen (secondary N) is 1. The molecule has 4 nitrogen and oxygen atoms in total. The summed E-state index contributed by atoms with van der Waals surface area (Å²) in [7, 11) is 0. The number of hydrogen-bond donors (Lipinski definition) is 2.